The highest BCUT2D eigenvalue weighted by Gasteiger charge is 2.08. The number of alkyl halides is 1. The Morgan fingerprint density at radius 3 is 2.67 bits per heavy atom. The standard InChI is InChI=1S/C15H14ClNO/c1-11-5-4-7-12(9-11)15(18)17-14-8-3-2-6-13(14)10-16/h2-9H,10H2,1H3,(H,17,18). The molecule has 0 aliphatic rings. The average molecular weight is 260 g/mol. The minimum atomic E-state index is -0.115. The van der Waals surface area contributed by atoms with E-state index in [1.54, 1.807) is 6.07 Å². The lowest BCUT2D eigenvalue weighted by atomic mass is 10.1. The van der Waals surface area contributed by atoms with Crippen molar-refractivity contribution in [1.29, 1.82) is 0 Å². The second kappa shape index (κ2) is 5.69. The molecule has 0 aliphatic heterocycles. The summed E-state index contributed by atoms with van der Waals surface area (Å²) in [6, 6.07) is 15.0. The third-order valence-electron chi connectivity index (χ3n) is 2.69. The number of carbonyl (C=O) groups is 1. The van der Waals surface area contributed by atoms with Gasteiger partial charge in [0.05, 0.1) is 0 Å². The number of anilines is 1. The maximum absolute atomic E-state index is 12.1. The van der Waals surface area contributed by atoms with Crippen LogP contribution in [0, 0.1) is 6.92 Å². The first-order valence-electron chi connectivity index (χ1n) is 5.72. The van der Waals surface area contributed by atoms with Crippen molar-refractivity contribution >= 4 is 23.2 Å². The van der Waals surface area contributed by atoms with Crippen LogP contribution in [0.25, 0.3) is 0 Å². The molecule has 0 bridgehead atoms. The van der Waals surface area contributed by atoms with Gasteiger partial charge in [0.2, 0.25) is 0 Å². The highest BCUT2D eigenvalue weighted by Crippen LogP contribution is 2.18. The van der Waals surface area contributed by atoms with Gasteiger partial charge in [0, 0.05) is 17.1 Å². The minimum absolute atomic E-state index is 0.115. The molecule has 0 spiro atoms. The quantitative estimate of drug-likeness (QED) is 0.830. The molecule has 1 amide bonds. The molecule has 2 nitrogen and oxygen atoms in total. The van der Waals surface area contributed by atoms with Crippen LogP contribution in [0.1, 0.15) is 21.5 Å². The van der Waals surface area contributed by atoms with Crippen molar-refractivity contribution in [2.75, 3.05) is 5.32 Å². The van der Waals surface area contributed by atoms with E-state index in [-0.39, 0.29) is 5.91 Å². The maximum Gasteiger partial charge on any atom is 0.255 e. The number of carbonyl (C=O) groups excluding carboxylic acids is 1. The molecule has 0 heterocycles. The van der Waals surface area contributed by atoms with Gasteiger partial charge >= 0.3 is 0 Å². The molecule has 1 N–H and O–H groups in total. The van der Waals surface area contributed by atoms with Gasteiger partial charge in [-0.1, -0.05) is 35.9 Å². The van der Waals surface area contributed by atoms with Crippen molar-refractivity contribution in [2.24, 2.45) is 0 Å². The van der Waals surface area contributed by atoms with Crippen molar-refractivity contribution in [2.45, 2.75) is 12.8 Å². The van der Waals surface area contributed by atoms with Gasteiger partial charge in [0.1, 0.15) is 0 Å². The number of para-hydroxylation sites is 1. The molecule has 0 radical (unpaired) electrons. The van der Waals surface area contributed by atoms with Crippen molar-refractivity contribution in [1.82, 2.24) is 0 Å². The van der Waals surface area contributed by atoms with Gasteiger partial charge in [-0.05, 0) is 30.7 Å². The third kappa shape index (κ3) is 2.90. The summed E-state index contributed by atoms with van der Waals surface area (Å²) in [6.07, 6.45) is 0. The molecular formula is C15H14ClNO. The summed E-state index contributed by atoms with van der Waals surface area (Å²) in [5.74, 6) is 0.265. The van der Waals surface area contributed by atoms with Crippen LogP contribution in [0.5, 0.6) is 0 Å². The van der Waals surface area contributed by atoms with Gasteiger partial charge in [-0.25, -0.2) is 0 Å². The zero-order valence-electron chi connectivity index (χ0n) is 10.1. The first-order chi connectivity index (χ1) is 8.70. The molecule has 0 saturated heterocycles. The summed E-state index contributed by atoms with van der Waals surface area (Å²) in [5, 5.41) is 2.88. The summed E-state index contributed by atoms with van der Waals surface area (Å²) in [6.45, 7) is 1.96. The van der Waals surface area contributed by atoms with Crippen LogP contribution in [0.3, 0.4) is 0 Å². The van der Waals surface area contributed by atoms with Crippen LogP contribution < -0.4 is 5.32 Å². The van der Waals surface area contributed by atoms with Crippen LogP contribution in [0.4, 0.5) is 5.69 Å². The van der Waals surface area contributed by atoms with Crippen LogP contribution in [0.15, 0.2) is 48.5 Å². The van der Waals surface area contributed by atoms with E-state index in [0.717, 1.165) is 16.8 Å². The first kappa shape index (κ1) is 12.7. The van der Waals surface area contributed by atoms with Crippen molar-refractivity contribution in [3.8, 4) is 0 Å². The molecule has 0 unspecified atom stereocenters. The fourth-order valence-corrected chi connectivity index (χ4v) is 1.97. The Labute approximate surface area is 112 Å². The van der Waals surface area contributed by atoms with Gasteiger partial charge in [-0.3, -0.25) is 4.79 Å². The third-order valence-corrected chi connectivity index (χ3v) is 2.98. The molecule has 0 aliphatic carbocycles. The normalized spacial score (nSPS) is 10.1. The van der Waals surface area contributed by atoms with E-state index in [4.69, 9.17) is 11.6 Å². The van der Waals surface area contributed by atoms with Crippen LogP contribution >= 0.6 is 11.6 Å². The van der Waals surface area contributed by atoms with Gasteiger partial charge in [0.25, 0.3) is 5.91 Å². The highest BCUT2D eigenvalue weighted by atomic mass is 35.5. The fraction of sp³-hybridized carbons (Fsp3) is 0.133. The Morgan fingerprint density at radius 1 is 1.17 bits per heavy atom. The van der Waals surface area contributed by atoms with E-state index in [0.29, 0.717) is 11.4 Å². The van der Waals surface area contributed by atoms with Crippen molar-refractivity contribution in [3.05, 3.63) is 65.2 Å². The number of halogens is 1. The van der Waals surface area contributed by atoms with Crippen LogP contribution in [0.2, 0.25) is 0 Å². The number of hydrogen-bond acceptors (Lipinski definition) is 1. The Hall–Kier alpha value is -1.80. The molecule has 0 atom stereocenters. The second-order valence-electron chi connectivity index (χ2n) is 4.11. The van der Waals surface area contributed by atoms with Gasteiger partial charge in [0.15, 0.2) is 0 Å². The largest absolute Gasteiger partial charge is 0.322 e. The number of nitrogens with one attached hydrogen (secondary N) is 1. The van der Waals surface area contributed by atoms with E-state index in [9.17, 15) is 4.79 Å². The molecule has 0 saturated carbocycles. The van der Waals surface area contributed by atoms with E-state index < -0.39 is 0 Å². The SMILES string of the molecule is Cc1cccc(C(=O)Nc2ccccc2CCl)c1. The average Bonchev–Trinajstić information content (AvgIpc) is 2.39. The predicted molar refractivity (Wildman–Crippen MR) is 75.1 cm³/mol. The first-order valence-corrected chi connectivity index (χ1v) is 6.26. The monoisotopic (exact) mass is 259 g/mol. The molecule has 18 heavy (non-hydrogen) atoms. The zero-order chi connectivity index (χ0) is 13.0. The van der Waals surface area contributed by atoms with Crippen molar-refractivity contribution < 1.29 is 4.79 Å². The molecule has 2 aromatic rings. The van der Waals surface area contributed by atoms with E-state index in [1.807, 2.05) is 49.4 Å². The van der Waals surface area contributed by atoms with E-state index >= 15 is 0 Å². The molecule has 0 aromatic heterocycles. The van der Waals surface area contributed by atoms with Crippen molar-refractivity contribution in [3.63, 3.8) is 0 Å². The number of amides is 1. The Kier molecular flexibility index (Phi) is 4.00. The lowest BCUT2D eigenvalue weighted by molar-refractivity contribution is 0.102. The topological polar surface area (TPSA) is 29.1 Å². The van der Waals surface area contributed by atoms with Crippen LogP contribution in [-0.2, 0) is 5.88 Å². The minimum Gasteiger partial charge on any atom is -0.322 e. The molecule has 3 heteroatoms. The second-order valence-corrected chi connectivity index (χ2v) is 4.38. The summed E-state index contributed by atoms with van der Waals surface area (Å²) in [7, 11) is 0. The van der Waals surface area contributed by atoms with Gasteiger partial charge in [-0.2, -0.15) is 0 Å². The number of aryl methyl sites for hydroxylation is 1. The smallest absolute Gasteiger partial charge is 0.255 e. The van der Waals surface area contributed by atoms with E-state index in [2.05, 4.69) is 5.32 Å². The van der Waals surface area contributed by atoms with Crippen LogP contribution in [-0.4, -0.2) is 5.91 Å². The highest BCUT2D eigenvalue weighted by molar-refractivity contribution is 6.17. The molecule has 2 aromatic carbocycles. The predicted octanol–water partition coefficient (Wildman–Crippen LogP) is 3.99. The van der Waals surface area contributed by atoms with E-state index in [1.165, 1.54) is 0 Å². The van der Waals surface area contributed by atoms with Gasteiger partial charge < -0.3 is 5.32 Å². The lowest BCUT2D eigenvalue weighted by Gasteiger charge is -2.09. The number of benzene rings is 2. The molecule has 92 valence electrons. The van der Waals surface area contributed by atoms with Gasteiger partial charge in [-0.15, -0.1) is 11.6 Å². The summed E-state index contributed by atoms with van der Waals surface area (Å²) in [4.78, 5) is 12.1. The summed E-state index contributed by atoms with van der Waals surface area (Å²) >= 11 is 5.84. The maximum atomic E-state index is 12.1. The zero-order valence-corrected chi connectivity index (χ0v) is 10.9. The Bertz CT molecular complexity index is 566. The molecular weight excluding hydrogens is 246 g/mol. The number of hydrogen-bond donors (Lipinski definition) is 1. The lowest BCUT2D eigenvalue weighted by Crippen LogP contribution is -2.13. The summed E-state index contributed by atoms with van der Waals surface area (Å²) in [5.41, 5.74) is 3.40. The number of rotatable bonds is 3. The molecule has 2 rings (SSSR count). The Balaban J connectivity index is 2.21. The fourth-order valence-electron chi connectivity index (χ4n) is 1.74. The summed E-state index contributed by atoms with van der Waals surface area (Å²) < 4.78 is 0. The molecule has 0 fully saturated rings. The Morgan fingerprint density at radius 2 is 1.94 bits per heavy atom.